The largest absolute Gasteiger partial charge is 0.334 e. The number of nitrogens with one attached hydrogen (secondary N) is 1. The van der Waals surface area contributed by atoms with Gasteiger partial charge in [-0.05, 0) is 25.8 Å². The van der Waals surface area contributed by atoms with Gasteiger partial charge in [-0.15, -0.1) is 0 Å². The molecular weight excluding hydrogens is 250 g/mol. The summed E-state index contributed by atoms with van der Waals surface area (Å²) in [7, 11) is -2.85. The highest BCUT2D eigenvalue weighted by molar-refractivity contribution is 7.91. The molecule has 1 aliphatic rings. The Balaban J connectivity index is 2.24. The van der Waals surface area contributed by atoms with Gasteiger partial charge in [0.2, 0.25) is 0 Å². The Labute approximate surface area is 109 Å². The van der Waals surface area contributed by atoms with E-state index in [1.165, 1.54) is 0 Å². The molecule has 0 bridgehead atoms. The maximum absolute atomic E-state index is 11.6. The summed E-state index contributed by atoms with van der Waals surface area (Å²) in [5.74, 6) is 1.69. The van der Waals surface area contributed by atoms with E-state index in [0.29, 0.717) is 5.75 Å². The molecule has 1 aromatic rings. The summed E-state index contributed by atoms with van der Waals surface area (Å²) in [6, 6.07) is 0.0437. The Morgan fingerprint density at radius 1 is 1.56 bits per heavy atom. The highest BCUT2D eigenvalue weighted by Crippen LogP contribution is 2.30. The summed E-state index contributed by atoms with van der Waals surface area (Å²) >= 11 is 0. The van der Waals surface area contributed by atoms with E-state index in [4.69, 9.17) is 0 Å². The molecule has 5 nitrogen and oxygen atoms in total. The van der Waals surface area contributed by atoms with Crippen LogP contribution in [0.4, 0.5) is 0 Å². The molecule has 0 aliphatic carbocycles. The number of aromatic nitrogens is 2. The summed E-state index contributed by atoms with van der Waals surface area (Å²) in [5.41, 5.74) is 0. The van der Waals surface area contributed by atoms with Crippen molar-refractivity contribution in [2.45, 2.75) is 32.9 Å². The zero-order valence-corrected chi connectivity index (χ0v) is 11.8. The number of rotatable bonds is 5. The minimum atomic E-state index is -2.85. The molecule has 0 spiro atoms. The molecule has 18 heavy (non-hydrogen) atoms. The molecule has 0 radical (unpaired) electrons. The third-order valence-electron chi connectivity index (χ3n) is 3.53. The third-order valence-corrected chi connectivity index (χ3v) is 5.32. The monoisotopic (exact) mass is 271 g/mol. The van der Waals surface area contributed by atoms with Crippen molar-refractivity contribution in [1.29, 1.82) is 0 Å². The van der Waals surface area contributed by atoms with Crippen molar-refractivity contribution in [1.82, 2.24) is 14.9 Å². The van der Waals surface area contributed by atoms with Gasteiger partial charge in [0.1, 0.15) is 5.82 Å². The lowest BCUT2D eigenvalue weighted by atomic mass is 9.98. The highest BCUT2D eigenvalue weighted by Gasteiger charge is 2.35. The fourth-order valence-electron chi connectivity index (χ4n) is 2.64. The lowest BCUT2D eigenvalue weighted by Gasteiger charge is -2.23. The molecule has 2 heterocycles. The van der Waals surface area contributed by atoms with Crippen LogP contribution in [0.1, 0.15) is 32.1 Å². The second kappa shape index (κ2) is 5.40. The van der Waals surface area contributed by atoms with Gasteiger partial charge in [0.05, 0.1) is 17.5 Å². The normalized spacial score (nSPS) is 24.2. The zero-order valence-electron chi connectivity index (χ0n) is 11.0. The summed E-state index contributed by atoms with van der Waals surface area (Å²) in [6.07, 6.45) is 4.46. The van der Waals surface area contributed by atoms with Gasteiger partial charge in [-0.3, -0.25) is 0 Å². The molecule has 1 fully saturated rings. The number of aryl methyl sites for hydroxylation is 1. The topological polar surface area (TPSA) is 64.0 Å². The van der Waals surface area contributed by atoms with Crippen LogP contribution in [0.15, 0.2) is 12.4 Å². The quantitative estimate of drug-likeness (QED) is 0.867. The predicted octanol–water partition coefficient (Wildman–Crippen LogP) is 0.988. The fraction of sp³-hybridized carbons (Fsp3) is 0.750. The number of nitrogens with zero attached hydrogens (tertiary/aromatic N) is 2. The van der Waals surface area contributed by atoms with Crippen LogP contribution in [0.5, 0.6) is 0 Å². The first-order chi connectivity index (χ1) is 8.57. The molecule has 0 saturated carbocycles. The molecule has 1 N–H and O–H groups in total. The van der Waals surface area contributed by atoms with E-state index >= 15 is 0 Å². The van der Waals surface area contributed by atoms with Crippen LogP contribution in [-0.2, 0) is 16.4 Å². The van der Waals surface area contributed by atoms with E-state index < -0.39 is 9.84 Å². The molecule has 0 amide bonds. The van der Waals surface area contributed by atoms with Crippen LogP contribution in [-0.4, -0.2) is 36.0 Å². The van der Waals surface area contributed by atoms with Gasteiger partial charge < -0.3 is 9.88 Å². The van der Waals surface area contributed by atoms with E-state index in [1.807, 2.05) is 13.1 Å². The van der Waals surface area contributed by atoms with Crippen LogP contribution in [0.3, 0.4) is 0 Å². The average molecular weight is 271 g/mol. The van der Waals surface area contributed by atoms with Crippen LogP contribution in [0.25, 0.3) is 0 Å². The SMILES string of the molecule is CCNC(c1nccn1CC)C1CCS(=O)(=O)C1. The second-order valence-electron chi connectivity index (χ2n) is 4.77. The Hall–Kier alpha value is -0.880. The van der Waals surface area contributed by atoms with Gasteiger partial charge in [-0.25, -0.2) is 13.4 Å². The zero-order chi connectivity index (χ0) is 13.2. The molecule has 1 aliphatic heterocycles. The third kappa shape index (κ3) is 2.75. The Kier molecular flexibility index (Phi) is 4.07. The molecule has 1 saturated heterocycles. The van der Waals surface area contributed by atoms with Crippen LogP contribution in [0, 0.1) is 5.92 Å². The smallest absolute Gasteiger partial charge is 0.150 e. The summed E-state index contributed by atoms with van der Waals surface area (Å²) < 4.78 is 25.3. The molecule has 2 unspecified atom stereocenters. The van der Waals surface area contributed by atoms with Crippen molar-refractivity contribution in [3.63, 3.8) is 0 Å². The molecule has 102 valence electrons. The van der Waals surface area contributed by atoms with E-state index in [2.05, 4.69) is 21.8 Å². The van der Waals surface area contributed by atoms with Crippen molar-refractivity contribution in [2.75, 3.05) is 18.1 Å². The first-order valence-corrected chi connectivity index (χ1v) is 8.34. The lowest BCUT2D eigenvalue weighted by Crippen LogP contribution is -2.31. The Bertz CT molecular complexity index is 495. The molecule has 6 heteroatoms. The van der Waals surface area contributed by atoms with E-state index in [0.717, 1.165) is 25.3 Å². The summed E-state index contributed by atoms with van der Waals surface area (Å²) in [5, 5.41) is 3.39. The minimum absolute atomic E-state index is 0.0437. The Morgan fingerprint density at radius 2 is 2.33 bits per heavy atom. The van der Waals surface area contributed by atoms with Crippen molar-refractivity contribution in [3.8, 4) is 0 Å². The van der Waals surface area contributed by atoms with Crippen molar-refractivity contribution >= 4 is 9.84 Å². The fourth-order valence-corrected chi connectivity index (χ4v) is 4.48. The molecule has 0 aromatic carbocycles. The van der Waals surface area contributed by atoms with Crippen molar-refractivity contribution < 1.29 is 8.42 Å². The second-order valence-corrected chi connectivity index (χ2v) is 7.00. The van der Waals surface area contributed by atoms with Gasteiger partial charge in [0, 0.05) is 18.9 Å². The number of hydrogen-bond acceptors (Lipinski definition) is 4. The summed E-state index contributed by atoms with van der Waals surface area (Å²) in [4.78, 5) is 4.40. The number of hydrogen-bond donors (Lipinski definition) is 1. The molecular formula is C12H21N3O2S. The first kappa shape index (κ1) is 13.5. The van der Waals surface area contributed by atoms with E-state index in [-0.39, 0.29) is 17.7 Å². The first-order valence-electron chi connectivity index (χ1n) is 6.52. The van der Waals surface area contributed by atoms with Crippen LogP contribution < -0.4 is 5.32 Å². The van der Waals surface area contributed by atoms with Crippen LogP contribution in [0.2, 0.25) is 0 Å². The maximum Gasteiger partial charge on any atom is 0.150 e. The van der Waals surface area contributed by atoms with Gasteiger partial charge in [0.25, 0.3) is 0 Å². The van der Waals surface area contributed by atoms with E-state index in [1.54, 1.807) is 6.20 Å². The van der Waals surface area contributed by atoms with Gasteiger partial charge in [-0.1, -0.05) is 6.92 Å². The van der Waals surface area contributed by atoms with Gasteiger partial charge >= 0.3 is 0 Å². The Morgan fingerprint density at radius 3 is 2.89 bits per heavy atom. The van der Waals surface area contributed by atoms with Gasteiger partial charge in [-0.2, -0.15) is 0 Å². The van der Waals surface area contributed by atoms with E-state index in [9.17, 15) is 8.42 Å². The summed E-state index contributed by atoms with van der Waals surface area (Å²) in [6.45, 7) is 5.78. The number of sulfone groups is 1. The maximum atomic E-state index is 11.6. The van der Waals surface area contributed by atoms with Crippen molar-refractivity contribution in [2.24, 2.45) is 5.92 Å². The average Bonchev–Trinajstić information content (AvgIpc) is 2.92. The molecule has 2 atom stereocenters. The molecule has 1 aromatic heterocycles. The number of imidazole rings is 1. The predicted molar refractivity (Wildman–Crippen MR) is 71.1 cm³/mol. The molecule has 2 rings (SSSR count). The van der Waals surface area contributed by atoms with Gasteiger partial charge in [0.15, 0.2) is 9.84 Å². The van der Waals surface area contributed by atoms with Crippen LogP contribution >= 0.6 is 0 Å². The lowest BCUT2D eigenvalue weighted by molar-refractivity contribution is 0.372. The van der Waals surface area contributed by atoms with Crippen molar-refractivity contribution in [3.05, 3.63) is 18.2 Å². The minimum Gasteiger partial charge on any atom is -0.334 e. The highest BCUT2D eigenvalue weighted by atomic mass is 32.2. The standard InChI is InChI=1S/C12H21N3O2S/c1-3-13-11(10-5-8-18(16,17)9-10)12-14-6-7-15(12)4-2/h6-7,10-11,13H,3-5,8-9H2,1-2H3.